The minimum absolute atomic E-state index is 0. The summed E-state index contributed by atoms with van der Waals surface area (Å²) in [5.74, 6) is 2.05. The van der Waals surface area contributed by atoms with Crippen LogP contribution in [-0.2, 0) is 37.3 Å². The van der Waals surface area contributed by atoms with Crippen molar-refractivity contribution < 1.29 is 25.8 Å². The zero-order valence-electron chi connectivity index (χ0n) is 37.0. The molecule has 0 amide bonds. The normalized spacial score (nSPS) is 13.2. The van der Waals surface area contributed by atoms with Crippen molar-refractivity contribution in [2.24, 2.45) is 0 Å². The molecule has 8 aromatic rings. The van der Waals surface area contributed by atoms with Crippen LogP contribution in [0.25, 0.3) is 49.9 Å². The maximum atomic E-state index is 6.80. The fourth-order valence-corrected chi connectivity index (χ4v) is 8.05. The van der Waals surface area contributed by atoms with Crippen LogP contribution in [0.1, 0.15) is 79.0 Å². The van der Waals surface area contributed by atoms with Gasteiger partial charge in [-0.2, -0.15) is 6.07 Å². The van der Waals surface area contributed by atoms with Crippen LogP contribution in [0.3, 0.4) is 0 Å². The van der Waals surface area contributed by atoms with E-state index in [9.17, 15) is 0 Å². The molecule has 0 N–H and O–H groups in total. The standard InChI is InChI=1S/C56H53N4O.Pt/c1-54(2,3)41-21-25-50(49(32-41)39-18-14-11-15-19-39)59-29-28-58(37-59)44-30-40(38-16-12-10-13-17-38)31-46(35-44)61-45-22-24-48-47-23-20-42(55(4,5)6)33-51(47)60(52(48)36-45)53-34-43(26-27-57-53)56(7,8)9;/h10-34,37H,1-9H3;/q-3;. The molecule has 0 bridgehead atoms. The molecule has 0 fully saturated rings. The smallest absolute Gasteiger partial charge is 0.135 e. The van der Waals surface area contributed by atoms with E-state index < -0.39 is 0 Å². The molecular formula is C56H53N4OPt-3. The average Bonchev–Trinajstić information content (AvgIpc) is 3.86. The number of anilines is 2. The molecule has 0 atom stereocenters. The van der Waals surface area contributed by atoms with Gasteiger partial charge >= 0.3 is 0 Å². The van der Waals surface area contributed by atoms with Gasteiger partial charge in [0.05, 0.1) is 0 Å². The summed E-state index contributed by atoms with van der Waals surface area (Å²) in [7, 11) is 0. The van der Waals surface area contributed by atoms with E-state index in [0.717, 1.165) is 50.1 Å². The van der Waals surface area contributed by atoms with Crippen molar-refractivity contribution in [3.63, 3.8) is 0 Å². The zero-order chi connectivity index (χ0) is 42.7. The Bertz CT molecular complexity index is 2930. The van der Waals surface area contributed by atoms with E-state index in [1.807, 2.05) is 18.3 Å². The molecule has 0 unspecified atom stereocenters. The molecule has 5 nitrogen and oxygen atoms in total. The minimum atomic E-state index is -0.0393. The van der Waals surface area contributed by atoms with Crippen molar-refractivity contribution in [1.82, 2.24) is 9.55 Å². The van der Waals surface area contributed by atoms with Gasteiger partial charge in [0, 0.05) is 55.5 Å². The van der Waals surface area contributed by atoms with Crippen LogP contribution >= 0.6 is 0 Å². The van der Waals surface area contributed by atoms with Crippen LogP contribution in [0.15, 0.2) is 152 Å². The van der Waals surface area contributed by atoms with Crippen LogP contribution in [0.4, 0.5) is 11.4 Å². The van der Waals surface area contributed by atoms with Crippen LogP contribution < -0.4 is 14.5 Å². The van der Waals surface area contributed by atoms with Gasteiger partial charge in [0.1, 0.15) is 5.82 Å². The summed E-state index contributed by atoms with van der Waals surface area (Å²) < 4.78 is 9.05. The number of rotatable bonds is 7. The predicted octanol–water partition coefficient (Wildman–Crippen LogP) is 14.7. The van der Waals surface area contributed by atoms with Gasteiger partial charge in [-0.1, -0.05) is 147 Å². The Balaban J connectivity index is 0.00000529. The number of nitrogens with zero attached hydrogens (tertiary/aromatic N) is 4. The molecule has 0 saturated heterocycles. The van der Waals surface area contributed by atoms with Gasteiger partial charge in [0.25, 0.3) is 0 Å². The Labute approximate surface area is 382 Å². The van der Waals surface area contributed by atoms with Gasteiger partial charge in [-0.25, -0.2) is 4.98 Å². The number of hydrogen-bond acceptors (Lipinski definition) is 4. The third-order valence-electron chi connectivity index (χ3n) is 11.7. The Hall–Kier alpha value is -5.90. The van der Waals surface area contributed by atoms with Crippen molar-refractivity contribution in [3.05, 3.63) is 188 Å². The SMILES string of the molecule is CC(C)(C)c1ccnc(-n2c3[c-]c(Oc4[c-]c(N5C=CN(c6ccc(C(C)(C)C)cc6-c6ccccc6)[CH-]5)cc(-c5ccccc5)c4)ccc3c3ccc(C(C)(C)C)cc32)c1.[Pt]. The molecule has 1 aliphatic rings. The summed E-state index contributed by atoms with van der Waals surface area (Å²) in [6.07, 6.45) is 6.11. The van der Waals surface area contributed by atoms with Gasteiger partial charge in [0.15, 0.2) is 0 Å². The summed E-state index contributed by atoms with van der Waals surface area (Å²) in [4.78, 5) is 9.24. The molecule has 0 aliphatic carbocycles. The predicted molar refractivity (Wildman–Crippen MR) is 255 cm³/mol. The van der Waals surface area contributed by atoms with Crippen LogP contribution in [0.2, 0.25) is 0 Å². The Morgan fingerprint density at radius 1 is 0.532 bits per heavy atom. The third kappa shape index (κ3) is 8.48. The first kappa shape index (κ1) is 42.8. The van der Waals surface area contributed by atoms with Crippen molar-refractivity contribution in [2.75, 3.05) is 9.80 Å². The molecule has 2 aromatic heterocycles. The first-order valence-corrected chi connectivity index (χ1v) is 21.2. The fourth-order valence-electron chi connectivity index (χ4n) is 8.05. The van der Waals surface area contributed by atoms with Crippen LogP contribution in [-0.4, -0.2) is 9.55 Å². The molecule has 0 radical (unpaired) electrons. The van der Waals surface area contributed by atoms with Gasteiger partial charge in [0.2, 0.25) is 0 Å². The van der Waals surface area contributed by atoms with E-state index in [0.29, 0.717) is 11.5 Å². The monoisotopic (exact) mass is 992 g/mol. The molecular weight excluding hydrogens is 940 g/mol. The fraction of sp³-hybridized carbons (Fsp3) is 0.214. The third-order valence-corrected chi connectivity index (χ3v) is 11.7. The van der Waals surface area contributed by atoms with Gasteiger partial charge in [-0.15, -0.1) is 53.6 Å². The summed E-state index contributed by atoms with van der Waals surface area (Å²) in [5, 5.41) is 2.24. The zero-order valence-corrected chi connectivity index (χ0v) is 39.3. The van der Waals surface area contributed by atoms with E-state index in [2.05, 4.69) is 229 Å². The quantitative estimate of drug-likeness (QED) is 0.149. The Morgan fingerprint density at radius 3 is 1.84 bits per heavy atom. The molecule has 3 heterocycles. The van der Waals surface area contributed by atoms with Crippen molar-refractivity contribution in [1.29, 1.82) is 0 Å². The Morgan fingerprint density at radius 2 is 1.15 bits per heavy atom. The Kier molecular flexibility index (Phi) is 11.3. The maximum Gasteiger partial charge on any atom is 0.135 e. The number of ether oxygens (including phenoxy) is 1. The summed E-state index contributed by atoms with van der Waals surface area (Å²) >= 11 is 0. The minimum Gasteiger partial charge on any atom is -0.509 e. The van der Waals surface area contributed by atoms with E-state index in [-0.39, 0.29) is 37.3 Å². The van der Waals surface area contributed by atoms with Crippen LogP contribution in [0, 0.1) is 18.8 Å². The second kappa shape index (κ2) is 16.4. The summed E-state index contributed by atoms with van der Waals surface area (Å²) in [6.45, 7) is 22.4. The van der Waals surface area contributed by atoms with Crippen molar-refractivity contribution in [2.45, 2.75) is 78.6 Å². The molecule has 316 valence electrons. The summed E-state index contributed by atoms with van der Waals surface area (Å²) in [6, 6.07) is 54.7. The molecule has 6 heteroatoms. The first-order valence-electron chi connectivity index (χ1n) is 21.2. The number of aromatic nitrogens is 2. The second-order valence-electron chi connectivity index (χ2n) is 19.2. The van der Waals surface area contributed by atoms with E-state index in [1.165, 1.54) is 27.8 Å². The first-order chi connectivity index (χ1) is 29.1. The molecule has 6 aromatic carbocycles. The van der Waals surface area contributed by atoms with Crippen molar-refractivity contribution in [3.8, 4) is 39.6 Å². The van der Waals surface area contributed by atoms with Gasteiger partial charge < -0.3 is 19.1 Å². The molecule has 0 spiro atoms. The number of pyridine rings is 1. The number of fused-ring (bicyclic) bond motifs is 3. The van der Waals surface area contributed by atoms with E-state index in [1.54, 1.807) is 0 Å². The number of hydrogen-bond donors (Lipinski definition) is 0. The largest absolute Gasteiger partial charge is 0.509 e. The topological polar surface area (TPSA) is 33.5 Å². The average molecular weight is 993 g/mol. The van der Waals surface area contributed by atoms with E-state index >= 15 is 0 Å². The molecule has 0 saturated carbocycles. The molecule has 62 heavy (non-hydrogen) atoms. The van der Waals surface area contributed by atoms with Crippen molar-refractivity contribution >= 4 is 33.2 Å². The molecule has 9 rings (SSSR count). The van der Waals surface area contributed by atoms with Gasteiger partial charge in [-0.3, -0.25) is 0 Å². The summed E-state index contributed by atoms with van der Waals surface area (Å²) in [5.41, 5.74) is 12.2. The molecule has 1 aliphatic heterocycles. The number of benzene rings is 6. The van der Waals surface area contributed by atoms with E-state index in [4.69, 9.17) is 9.72 Å². The van der Waals surface area contributed by atoms with Crippen LogP contribution in [0.5, 0.6) is 11.5 Å². The van der Waals surface area contributed by atoms with Gasteiger partial charge in [-0.05, 0) is 92.2 Å². The second-order valence-corrected chi connectivity index (χ2v) is 19.2. The maximum absolute atomic E-state index is 6.80.